The number of rotatable bonds is 3. The van der Waals surface area contributed by atoms with Crippen LogP contribution in [0, 0.1) is 5.82 Å². The van der Waals surface area contributed by atoms with Crippen molar-refractivity contribution in [3.63, 3.8) is 0 Å². The first-order valence-corrected chi connectivity index (χ1v) is 7.46. The lowest BCUT2D eigenvalue weighted by Crippen LogP contribution is -2.27. The molecule has 2 N–H and O–H groups in total. The molecule has 0 unspecified atom stereocenters. The van der Waals surface area contributed by atoms with Crippen LogP contribution in [0.5, 0.6) is 0 Å². The zero-order valence-corrected chi connectivity index (χ0v) is 13.3. The number of nitrogens with one attached hydrogen (secondary N) is 1. The van der Waals surface area contributed by atoms with Gasteiger partial charge in [-0.05, 0) is 38.5 Å². The predicted molar refractivity (Wildman–Crippen MR) is 83.3 cm³/mol. The Morgan fingerprint density at radius 3 is 2.55 bits per heavy atom. The van der Waals surface area contributed by atoms with Gasteiger partial charge in [0.25, 0.3) is 0 Å². The SMILES string of the molecule is CC(C)(C)OC(=O)Nc1nc(CO)c(-c2ccc(F)cc2)s1. The van der Waals surface area contributed by atoms with Crippen molar-refractivity contribution < 1.29 is 19.0 Å². The van der Waals surface area contributed by atoms with E-state index < -0.39 is 11.7 Å². The number of aliphatic hydroxyl groups is 1. The van der Waals surface area contributed by atoms with Crippen LogP contribution in [0.4, 0.5) is 14.3 Å². The molecule has 0 saturated carbocycles. The number of anilines is 1. The Bertz CT molecular complexity index is 662. The Balaban J connectivity index is 2.22. The van der Waals surface area contributed by atoms with Gasteiger partial charge in [0.05, 0.1) is 17.2 Å². The first-order valence-electron chi connectivity index (χ1n) is 6.65. The molecular formula is C15H17FN2O3S. The van der Waals surface area contributed by atoms with Crippen LogP contribution in [-0.2, 0) is 11.3 Å². The van der Waals surface area contributed by atoms with Crippen LogP contribution in [-0.4, -0.2) is 21.8 Å². The Morgan fingerprint density at radius 2 is 2.00 bits per heavy atom. The van der Waals surface area contributed by atoms with E-state index in [1.54, 1.807) is 32.9 Å². The number of thiazole rings is 1. The van der Waals surface area contributed by atoms with Crippen LogP contribution in [0.25, 0.3) is 10.4 Å². The quantitative estimate of drug-likeness (QED) is 0.901. The maximum Gasteiger partial charge on any atom is 0.413 e. The lowest BCUT2D eigenvalue weighted by molar-refractivity contribution is 0.0636. The number of halogens is 1. The van der Waals surface area contributed by atoms with E-state index in [0.29, 0.717) is 15.7 Å². The number of amides is 1. The first-order chi connectivity index (χ1) is 10.3. The fourth-order valence-electron chi connectivity index (χ4n) is 1.73. The molecule has 0 atom stereocenters. The molecule has 0 aliphatic rings. The summed E-state index contributed by atoms with van der Waals surface area (Å²) in [6.07, 6.45) is -0.614. The third kappa shape index (κ3) is 4.25. The molecule has 5 nitrogen and oxygen atoms in total. The van der Waals surface area contributed by atoms with E-state index >= 15 is 0 Å². The highest BCUT2D eigenvalue weighted by Crippen LogP contribution is 2.33. The zero-order chi connectivity index (χ0) is 16.3. The maximum absolute atomic E-state index is 13.0. The highest BCUT2D eigenvalue weighted by atomic mass is 32.1. The van der Waals surface area contributed by atoms with Crippen LogP contribution in [0.3, 0.4) is 0 Å². The molecule has 1 aromatic carbocycles. The van der Waals surface area contributed by atoms with Crippen molar-refractivity contribution in [2.24, 2.45) is 0 Å². The minimum atomic E-state index is -0.614. The second-order valence-corrected chi connectivity index (χ2v) is 6.59. The smallest absolute Gasteiger partial charge is 0.413 e. The van der Waals surface area contributed by atoms with Gasteiger partial charge in [-0.1, -0.05) is 23.5 Å². The van der Waals surface area contributed by atoms with Gasteiger partial charge in [0, 0.05) is 0 Å². The molecule has 0 fully saturated rings. The summed E-state index contributed by atoms with van der Waals surface area (Å²) in [5.41, 5.74) is 0.531. The van der Waals surface area contributed by atoms with E-state index in [2.05, 4.69) is 10.3 Å². The fraction of sp³-hybridized carbons (Fsp3) is 0.333. The summed E-state index contributed by atoms with van der Waals surface area (Å²) in [5, 5.41) is 12.2. The van der Waals surface area contributed by atoms with Gasteiger partial charge in [-0.3, -0.25) is 5.32 Å². The molecule has 0 radical (unpaired) electrons. The molecule has 1 aromatic heterocycles. The molecule has 0 saturated heterocycles. The van der Waals surface area contributed by atoms with Crippen molar-refractivity contribution in [3.05, 3.63) is 35.8 Å². The van der Waals surface area contributed by atoms with Crippen LogP contribution >= 0.6 is 11.3 Å². The fourth-order valence-corrected chi connectivity index (χ4v) is 2.70. The molecule has 1 heterocycles. The lowest BCUT2D eigenvalue weighted by atomic mass is 10.1. The van der Waals surface area contributed by atoms with Crippen LogP contribution in [0.15, 0.2) is 24.3 Å². The maximum atomic E-state index is 13.0. The topological polar surface area (TPSA) is 71.5 Å². The van der Waals surface area contributed by atoms with Gasteiger partial charge < -0.3 is 9.84 Å². The number of hydrogen-bond donors (Lipinski definition) is 2. The van der Waals surface area contributed by atoms with Crippen molar-refractivity contribution >= 4 is 22.6 Å². The summed E-state index contributed by atoms with van der Waals surface area (Å²) in [4.78, 5) is 16.6. The van der Waals surface area contributed by atoms with Crippen LogP contribution < -0.4 is 5.32 Å². The molecule has 0 spiro atoms. The molecule has 2 aromatic rings. The number of benzene rings is 1. The molecule has 2 rings (SSSR count). The van der Waals surface area contributed by atoms with E-state index in [1.165, 1.54) is 23.5 Å². The van der Waals surface area contributed by atoms with E-state index in [1.807, 2.05) is 0 Å². The Labute approximate surface area is 131 Å². The summed E-state index contributed by atoms with van der Waals surface area (Å²) in [6.45, 7) is 5.01. The molecule has 0 bridgehead atoms. The summed E-state index contributed by atoms with van der Waals surface area (Å²) < 4.78 is 18.1. The number of hydrogen-bond acceptors (Lipinski definition) is 5. The number of carbonyl (C=O) groups excluding carboxylic acids is 1. The third-order valence-corrected chi connectivity index (χ3v) is 3.62. The highest BCUT2D eigenvalue weighted by molar-refractivity contribution is 7.19. The molecule has 118 valence electrons. The van der Waals surface area contributed by atoms with Gasteiger partial charge in [0.1, 0.15) is 11.4 Å². The van der Waals surface area contributed by atoms with Crippen molar-refractivity contribution in [1.29, 1.82) is 0 Å². The minimum Gasteiger partial charge on any atom is -0.444 e. The van der Waals surface area contributed by atoms with Crippen molar-refractivity contribution in [3.8, 4) is 10.4 Å². The second kappa shape index (κ2) is 6.41. The average Bonchev–Trinajstić information content (AvgIpc) is 2.80. The minimum absolute atomic E-state index is 0.279. The predicted octanol–water partition coefficient (Wildman–Crippen LogP) is 3.79. The normalized spacial score (nSPS) is 11.3. The van der Waals surface area contributed by atoms with Gasteiger partial charge in [-0.2, -0.15) is 0 Å². The standard InChI is InChI=1S/C15H17FN2O3S/c1-15(2,3)21-14(20)18-13-17-11(8-19)12(22-13)9-4-6-10(16)7-5-9/h4-7,19H,8H2,1-3H3,(H,17,18,20). The molecule has 0 aliphatic heterocycles. The van der Waals surface area contributed by atoms with Gasteiger partial charge >= 0.3 is 6.09 Å². The largest absolute Gasteiger partial charge is 0.444 e. The second-order valence-electron chi connectivity index (χ2n) is 5.59. The van der Waals surface area contributed by atoms with Gasteiger partial charge in [0.15, 0.2) is 5.13 Å². The van der Waals surface area contributed by atoms with E-state index in [9.17, 15) is 14.3 Å². The summed E-state index contributed by atoms with van der Waals surface area (Å²) in [6, 6.07) is 5.85. The Morgan fingerprint density at radius 1 is 1.36 bits per heavy atom. The molecule has 22 heavy (non-hydrogen) atoms. The highest BCUT2D eigenvalue weighted by Gasteiger charge is 2.19. The average molecular weight is 324 g/mol. The van der Waals surface area contributed by atoms with Crippen molar-refractivity contribution in [2.75, 3.05) is 5.32 Å². The molecule has 0 aliphatic carbocycles. The number of aromatic nitrogens is 1. The zero-order valence-electron chi connectivity index (χ0n) is 12.5. The number of aliphatic hydroxyl groups excluding tert-OH is 1. The van der Waals surface area contributed by atoms with Crippen LogP contribution in [0.2, 0.25) is 0 Å². The van der Waals surface area contributed by atoms with Gasteiger partial charge in [-0.25, -0.2) is 14.2 Å². The molecule has 1 amide bonds. The van der Waals surface area contributed by atoms with Gasteiger partial charge in [-0.15, -0.1) is 0 Å². The van der Waals surface area contributed by atoms with E-state index in [-0.39, 0.29) is 12.4 Å². The number of nitrogens with zero attached hydrogens (tertiary/aromatic N) is 1. The number of carbonyl (C=O) groups is 1. The summed E-state index contributed by atoms with van der Waals surface area (Å²) in [5.74, 6) is -0.342. The number of ether oxygens (including phenoxy) is 1. The summed E-state index contributed by atoms with van der Waals surface area (Å²) >= 11 is 1.19. The monoisotopic (exact) mass is 324 g/mol. The first kappa shape index (κ1) is 16.4. The summed E-state index contributed by atoms with van der Waals surface area (Å²) in [7, 11) is 0. The Kier molecular flexibility index (Phi) is 4.77. The van der Waals surface area contributed by atoms with Crippen LogP contribution in [0.1, 0.15) is 26.5 Å². The molecule has 7 heteroatoms. The van der Waals surface area contributed by atoms with Crippen molar-refractivity contribution in [1.82, 2.24) is 4.98 Å². The van der Waals surface area contributed by atoms with E-state index in [0.717, 1.165) is 5.56 Å². The van der Waals surface area contributed by atoms with Gasteiger partial charge in [0.2, 0.25) is 0 Å². The van der Waals surface area contributed by atoms with E-state index in [4.69, 9.17) is 4.74 Å². The Hall–Kier alpha value is -1.99. The molecular weight excluding hydrogens is 307 g/mol. The lowest BCUT2D eigenvalue weighted by Gasteiger charge is -2.18. The third-order valence-electron chi connectivity index (χ3n) is 2.56. The van der Waals surface area contributed by atoms with Crippen molar-refractivity contribution in [2.45, 2.75) is 33.0 Å².